The normalized spacial score (nSPS) is 15.6. The lowest BCUT2D eigenvalue weighted by atomic mass is 10.1. The van der Waals surface area contributed by atoms with Gasteiger partial charge in [0.2, 0.25) is 0 Å². The number of nitrogens with zero attached hydrogens (tertiary/aromatic N) is 1. The summed E-state index contributed by atoms with van der Waals surface area (Å²) in [6.45, 7) is 5.45. The van der Waals surface area contributed by atoms with E-state index in [2.05, 4.69) is 10.2 Å². The molecule has 1 aromatic carbocycles. The number of rotatable bonds is 3. The predicted octanol–water partition coefficient (Wildman–Crippen LogP) is 1.93. The molecule has 0 spiro atoms. The van der Waals surface area contributed by atoms with Crippen molar-refractivity contribution in [3.63, 3.8) is 0 Å². The van der Waals surface area contributed by atoms with E-state index < -0.39 is 0 Å². The van der Waals surface area contributed by atoms with Gasteiger partial charge in [0, 0.05) is 24.7 Å². The van der Waals surface area contributed by atoms with Gasteiger partial charge in [0.25, 0.3) is 5.91 Å². The number of ether oxygens (including phenoxy) is 1. The summed E-state index contributed by atoms with van der Waals surface area (Å²) in [5, 5.41) is 3.46. The molecule has 1 fully saturated rings. The van der Waals surface area contributed by atoms with Crippen molar-refractivity contribution in [2.75, 3.05) is 37.7 Å². The van der Waals surface area contributed by atoms with Crippen LogP contribution in [0.4, 0.5) is 5.69 Å². The van der Waals surface area contributed by atoms with Crippen LogP contribution in [0.25, 0.3) is 0 Å². The molecule has 1 heterocycles. The van der Waals surface area contributed by atoms with E-state index in [0.717, 1.165) is 18.8 Å². The highest BCUT2D eigenvalue weighted by Gasteiger charge is 2.18. The smallest absolute Gasteiger partial charge is 0.253 e. The first-order chi connectivity index (χ1) is 8.72. The third kappa shape index (κ3) is 2.94. The van der Waals surface area contributed by atoms with Crippen molar-refractivity contribution in [2.24, 2.45) is 0 Å². The molecule has 0 aliphatic carbocycles. The zero-order chi connectivity index (χ0) is 13.0. The number of anilines is 1. The van der Waals surface area contributed by atoms with Crippen LogP contribution in [0.15, 0.2) is 18.2 Å². The summed E-state index contributed by atoms with van der Waals surface area (Å²) in [7, 11) is 0. The lowest BCUT2D eigenvalue weighted by Crippen LogP contribution is -2.38. The summed E-state index contributed by atoms with van der Waals surface area (Å²) in [6.07, 6.45) is 0. The zero-order valence-electron chi connectivity index (χ0n) is 10.4. The molecule has 0 saturated carbocycles. The van der Waals surface area contributed by atoms with Crippen LogP contribution in [0.1, 0.15) is 17.3 Å². The van der Waals surface area contributed by atoms with Crippen molar-refractivity contribution in [2.45, 2.75) is 6.92 Å². The van der Waals surface area contributed by atoms with Gasteiger partial charge in [0.1, 0.15) is 0 Å². The molecular formula is C13H17ClN2O2. The number of hydrogen-bond acceptors (Lipinski definition) is 3. The number of carbonyl (C=O) groups excluding carboxylic acids is 1. The van der Waals surface area contributed by atoms with Crippen LogP contribution in [0.5, 0.6) is 0 Å². The van der Waals surface area contributed by atoms with Crippen molar-refractivity contribution in [3.8, 4) is 0 Å². The Bertz CT molecular complexity index is 431. The number of carbonyl (C=O) groups is 1. The Morgan fingerprint density at radius 3 is 2.83 bits per heavy atom. The van der Waals surface area contributed by atoms with Crippen LogP contribution >= 0.6 is 11.6 Å². The van der Waals surface area contributed by atoms with Crippen LogP contribution in [0.2, 0.25) is 5.02 Å². The lowest BCUT2D eigenvalue weighted by molar-refractivity contribution is 0.0954. The van der Waals surface area contributed by atoms with Crippen molar-refractivity contribution in [3.05, 3.63) is 28.8 Å². The maximum absolute atomic E-state index is 12.0. The molecule has 1 aliphatic heterocycles. The highest BCUT2D eigenvalue weighted by Crippen LogP contribution is 2.25. The largest absolute Gasteiger partial charge is 0.378 e. The number of morpholine rings is 1. The number of halogens is 1. The summed E-state index contributed by atoms with van der Waals surface area (Å²) < 4.78 is 5.32. The second-order valence-corrected chi connectivity index (χ2v) is 4.56. The molecule has 0 radical (unpaired) electrons. The summed E-state index contributed by atoms with van der Waals surface area (Å²) in [5.74, 6) is -0.0596. The van der Waals surface area contributed by atoms with E-state index in [1.165, 1.54) is 0 Å². The minimum atomic E-state index is -0.0596. The molecule has 2 rings (SSSR count). The van der Waals surface area contributed by atoms with Gasteiger partial charge in [0.05, 0.1) is 24.5 Å². The quantitative estimate of drug-likeness (QED) is 0.911. The first kappa shape index (κ1) is 13.2. The van der Waals surface area contributed by atoms with Gasteiger partial charge in [-0.25, -0.2) is 0 Å². The minimum absolute atomic E-state index is 0.0596. The summed E-state index contributed by atoms with van der Waals surface area (Å²) >= 11 is 6.03. The first-order valence-corrected chi connectivity index (χ1v) is 6.50. The Labute approximate surface area is 112 Å². The summed E-state index contributed by atoms with van der Waals surface area (Å²) in [6, 6.07) is 5.37. The molecule has 0 aromatic heterocycles. The molecule has 1 saturated heterocycles. The molecule has 4 nitrogen and oxygen atoms in total. The van der Waals surface area contributed by atoms with Crippen LogP contribution in [0, 0.1) is 0 Å². The zero-order valence-corrected chi connectivity index (χ0v) is 11.2. The van der Waals surface area contributed by atoms with Crippen LogP contribution in [0.3, 0.4) is 0 Å². The second kappa shape index (κ2) is 6.07. The number of benzene rings is 1. The standard InChI is InChI=1S/C13H17ClN2O2/c1-2-15-13(17)11-4-3-10(14)9-12(11)16-5-7-18-8-6-16/h3-4,9H,2,5-8H2,1H3,(H,15,17). The Kier molecular flexibility index (Phi) is 4.44. The molecular weight excluding hydrogens is 252 g/mol. The topological polar surface area (TPSA) is 41.6 Å². The van der Waals surface area contributed by atoms with E-state index in [-0.39, 0.29) is 5.91 Å². The Balaban J connectivity index is 2.30. The van der Waals surface area contributed by atoms with Crippen LogP contribution in [-0.2, 0) is 4.74 Å². The van der Waals surface area contributed by atoms with Gasteiger partial charge >= 0.3 is 0 Å². The van der Waals surface area contributed by atoms with Crippen molar-refractivity contribution >= 4 is 23.2 Å². The molecule has 18 heavy (non-hydrogen) atoms. The fourth-order valence-corrected chi connectivity index (χ4v) is 2.18. The van der Waals surface area contributed by atoms with E-state index in [9.17, 15) is 4.79 Å². The molecule has 1 aromatic rings. The first-order valence-electron chi connectivity index (χ1n) is 6.13. The minimum Gasteiger partial charge on any atom is -0.378 e. The molecule has 5 heteroatoms. The van der Waals surface area contributed by atoms with Gasteiger partial charge in [0.15, 0.2) is 0 Å². The van der Waals surface area contributed by atoms with Crippen molar-refractivity contribution in [1.82, 2.24) is 5.32 Å². The van der Waals surface area contributed by atoms with E-state index >= 15 is 0 Å². The Morgan fingerprint density at radius 2 is 2.17 bits per heavy atom. The van der Waals surface area contributed by atoms with E-state index in [4.69, 9.17) is 16.3 Å². The lowest BCUT2D eigenvalue weighted by Gasteiger charge is -2.30. The van der Waals surface area contributed by atoms with E-state index in [0.29, 0.717) is 30.3 Å². The molecule has 1 amide bonds. The Hall–Kier alpha value is -1.26. The van der Waals surface area contributed by atoms with Gasteiger partial charge in [-0.05, 0) is 25.1 Å². The Morgan fingerprint density at radius 1 is 1.44 bits per heavy atom. The summed E-state index contributed by atoms with van der Waals surface area (Å²) in [5.41, 5.74) is 1.56. The maximum atomic E-state index is 12.0. The number of hydrogen-bond donors (Lipinski definition) is 1. The average Bonchev–Trinajstić information content (AvgIpc) is 2.40. The van der Waals surface area contributed by atoms with Crippen molar-refractivity contribution in [1.29, 1.82) is 0 Å². The number of nitrogens with one attached hydrogen (secondary N) is 1. The van der Waals surface area contributed by atoms with Gasteiger partial charge in [-0.2, -0.15) is 0 Å². The van der Waals surface area contributed by atoms with Crippen LogP contribution < -0.4 is 10.2 Å². The van der Waals surface area contributed by atoms with E-state index in [1.54, 1.807) is 12.1 Å². The second-order valence-electron chi connectivity index (χ2n) is 4.12. The number of amides is 1. The molecule has 0 unspecified atom stereocenters. The third-order valence-electron chi connectivity index (χ3n) is 2.89. The maximum Gasteiger partial charge on any atom is 0.253 e. The van der Waals surface area contributed by atoms with Crippen LogP contribution in [-0.4, -0.2) is 38.8 Å². The summed E-state index contributed by atoms with van der Waals surface area (Å²) in [4.78, 5) is 14.1. The van der Waals surface area contributed by atoms with E-state index in [1.807, 2.05) is 13.0 Å². The molecule has 1 aliphatic rings. The highest BCUT2D eigenvalue weighted by atomic mass is 35.5. The van der Waals surface area contributed by atoms with Gasteiger partial charge in [-0.3, -0.25) is 4.79 Å². The predicted molar refractivity (Wildman–Crippen MR) is 72.5 cm³/mol. The van der Waals surface area contributed by atoms with Gasteiger partial charge < -0.3 is 15.0 Å². The monoisotopic (exact) mass is 268 g/mol. The van der Waals surface area contributed by atoms with Gasteiger partial charge in [-0.1, -0.05) is 11.6 Å². The SMILES string of the molecule is CCNC(=O)c1ccc(Cl)cc1N1CCOCC1. The molecule has 98 valence electrons. The van der Waals surface area contributed by atoms with Crippen molar-refractivity contribution < 1.29 is 9.53 Å². The molecule has 0 bridgehead atoms. The molecule has 0 atom stereocenters. The van der Waals surface area contributed by atoms with Gasteiger partial charge in [-0.15, -0.1) is 0 Å². The third-order valence-corrected chi connectivity index (χ3v) is 3.13. The molecule has 1 N–H and O–H groups in total. The fourth-order valence-electron chi connectivity index (χ4n) is 2.02. The average molecular weight is 269 g/mol. The highest BCUT2D eigenvalue weighted by molar-refractivity contribution is 6.31. The fraction of sp³-hybridized carbons (Fsp3) is 0.462.